The minimum absolute atomic E-state index is 0.0571. The Balaban J connectivity index is 1.47. The van der Waals surface area contributed by atoms with Crippen LogP contribution in [0.4, 0.5) is 5.13 Å². The smallest absolute Gasteiger partial charge is 0.257 e. The van der Waals surface area contributed by atoms with Crippen LogP contribution in [0.25, 0.3) is 0 Å². The van der Waals surface area contributed by atoms with Crippen molar-refractivity contribution in [3.8, 4) is 0 Å². The molecule has 1 aromatic heterocycles. The monoisotopic (exact) mass is 448 g/mol. The highest BCUT2D eigenvalue weighted by molar-refractivity contribution is 7.89. The fourth-order valence-corrected chi connectivity index (χ4v) is 7.01. The summed E-state index contributed by atoms with van der Waals surface area (Å²) in [5.74, 6) is -0.275. The van der Waals surface area contributed by atoms with E-state index in [1.165, 1.54) is 28.3 Å². The molecule has 1 amide bonds. The van der Waals surface area contributed by atoms with Crippen molar-refractivity contribution in [1.29, 1.82) is 0 Å². The van der Waals surface area contributed by atoms with E-state index in [0.29, 0.717) is 17.2 Å². The third-order valence-corrected chi connectivity index (χ3v) is 8.87. The lowest BCUT2D eigenvalue weighted by atomic mass is 10.0. The molecule has 9 heteroatoms. The van der Waals surface area contributed by atoms with Crippen molar-refractivity contribution in [1.82, 2.24) is 14.2 Å². The maximum atomic E-state index is 13.1. The number of amides is 1. The minimum atomic E-state index is -3.55. The number of nitrogens with one attached hydrogen (secondary N) is 1. The van der Waals surface area contributed by atoms with Gasteiger partial charge in [-0.15, -0.1) is 11.3 Å². The number of hydrogen-bond donors (Lipinski definition) is 1. The Bertz CT molecular complexity index is 1020. The van der Waals surface area contributed by atoms with Crippen LogP contribution in [0.2, 0.25) is 0 Å². The summed E-state index contributed by atoms with van der Waals surface area (Å²) < 4.78 is 27.8. The van der Waals surface area contributed by atoms with Crippen LogP contribution >= 0.6 is 11.3 Å². The van der Waals surface area contributed by atoms with E-state index < -0.39 is 10.0 Å². The Morgan fingerprint density at radius 2 is 2.00 bits per heavy atom. The van der Waals surface area contributed by atoms with E-state index in [0.717, 1.165) is 50.9 Å². The quantitative estimate of drug-likeness (QED) is 0.759. The van der Waals surface area contributed by atoms with Gasteiger partial charge < -0.3 is 4.90 Å². The van der Waals surface area contributed by atoms with Gasteiger partial charge in [-0.2, -0.15) is 4.31 Å². The van der Waals surface area contributed by atoms with Crippen LogP contribution in [0, 0.1) is 0 Å². The van der Waals surface area contributed by atoms with Gasteiger partial charge >= 0.3 is 0 Å². The number of nitrogens with zero attached hydrogens (tertiary/aromatic N) is 3. The zero-order valence-electron chi connectivity index (χ0n) is 17.4. The molecule has 0 radical (unpaired) electrons. The molecule has 30 heavy (non-hydrogen) atoms. The van der Waals surface area contributed by atoms with Gasteiger partial charge in [0.1, 0.15) is 0 Å². The molecular formula is C21H28N4O3S2. The molecule has 0 bridgehead atoms. The maximum absolute atomic E-state index is 13.1. The number of hydrogen-bond acceptors (Lipinski definition) is 6. The Morgan fingerprint density at radius 1 is 1.23 bits per heavy atom. The first-order valence-corrected chi connectivity index (χ1v) is 12.7. The molecule has 3 heterocycles. The van der Waals surface area contributed by atoms with E-state index in [2.05, 4.69) is 22.2 Å². The zero-order valence-corrected chi connectivity index (χ0v) is 19.1. The highest BCUT2D eigenvalue weighted by Gasteiger charge is 2.32. The van der Waals surface area contributed by atoms with Gasteiger partial charge in [-0.3, -0.25) is 10.1 Å². The number of thiazole rings is 1. The molecule has 2 aliphatic rings. The van der Waals surface area contributed by atoms with Crippen molar-refractivity contribution in [2.75, 3.05) is 25.5 Å². The number of aromatic nitrogens is 1. The van der Waals surface area contributed by atoms with Gasteiger partial charge in [0.25, 0.3) is 5.91 Å². The standard InChI is InChI=1S/C21H28N4O3S2/c1-3-16-6-4-5-12-25(16)30(27,28)17-9-7-15(8-10-17)20(26)23-21-22-18-11-13-24(2)14-19(18)29-21/h7-10,16H,3-6,11-14H2,1-2H3,(H,22,23,26)/t16-/m0/s1. The second kappa shape index (κ2) is 8.74. The lowest BCUT2D eigenvalue weighted by Gasteiger charge is -2.34. The van der Waals surface area contributed by atoms with E-state index in [1.54, 1.807) is 16.4 Å². The number of carbonyl (C=O) groups excluding carboxylic acids is 1. The predicted octanol–water partition coefficient (Wildman–Crippen LogP) is 3.34. The van der Waals surface area contributed by atoms with E-state index >= 15 is 0 Å². The molecule has 0 spiro atoms. The normalized spacial score (nSPS) is 20.7. The number of rotatable bonds is 5. The molecule has 1 N–H and O–H groups in total. The van der Waals surface area contributed by atoms with Gasteiger partial charge in [0.2, 0.25) is 10.0 Å². The average molecular weight is 449 g/mol. The summed E-state index contributed by atoms with van der Waals surface area (Å²) in [6.07, 6.45) is 4.57. The topological polar surface area (TPSA) is 82.6 Å². The van der Waals surface area contributed by atoms with Crippen LogP contribution in [0.1, 0.15) is 53.5 Å². The van der Waals surface area contributed by atoms with Gasteiger partial charge in [-0.05, 0) is 50.6 Å². The number of piperidine rings is 1. The maximum Gasteiger partial charge on any atom is 0.257 e. The minimum Gasteiger partial charge on any atom is -0.301 e. The lowest BCUT2D eigenvalue weighted by molar-refractivity contribution is 0.102. The molecule has 1 atom stereocenters. The molecule has 162 valence electrons. The Labute approximate surface area is 182 Å². The summed E-state index contributed by atoms with van der Waals surface area (Å²) >= 11 is 1.50. The number of anilines is 1. The van der Waals surface area contributed by atoms with Crippen molar-refractivity contribution in [2.24, 2.45) is 0 Å². The summed E-state index contributed by atoms with van der Waals surface area (Å²) in [5, 5.41) is 3.45. The molecule has 2 aromatic rings. The average Bonchev–Trinajstić information content (AvgIpc) is 3.15. The largest absolute Gasteiger partial charge is 0.301 e. The first kappa shape index (κ1) is 21.4. The Hall–Kier alpha value is -1.81. The van der Waals surface area contributed by atoms with Crippen molar-refractivity contribution >= 4 is 32.4 Å². The molecule has 7 nitrogen and oxygen atoms in total. The number of sulfonamides is 1. The zero-order chi connectivity index (χ0) is 21.3. The molecule has 1 saturated heterocycles. The summed E-state index contributed by atoms with van der Waals surface area (Å²) in [6.45, 7) is 4.41. The van der Waals surface area contributed by atoms with Crippen LogP contribution in [0.3, 0.4) is 0 Å². The third kappa shape index (κ3) is 4.30. The molecule has 4 rings (SSSR count). The van der Waals surface area contributed by atoms with E-state index in [-0.39, 0.29) is 16.8 Å². The first-order valence-electron chi connectivity index (χ1n) is 10.5. The number of benzene rings is 1. The predicted molar refractivity (Wildman–Crippen MR) is 118 cm³/mol. The number of likely N-dealkylation sites (N-methyl/N-ethyl adjacent to an activating group) is 1. The van der Waals surface area contributed by atoms with Crippen molar-refractivity contribution in [3.05, 3.63) is 40.4 Å². The highest BCUT2D eigenvalue weighted by atomic mass is 32.2. The summed E-state index contributed by atoms with van der Waals surface area (Å²) in [7, 11) is -1.47. The Kier molecular flexibility index (Phi) is 6.24. The van der Waals surface area contributed by atoms with E-state index in [4.69, 9.17) is 0 Å². The summed E-state index contributed by atoms with van der Waals surface area (Å²) in [6, 6.07) is 6.28. The fraction of sp³-hybridized carbons (Fsp3) is 0.524. The van der Waals surface area contributed by atoms with E-state index in [1.807, 2.05) is 6.92 Å². The van der Waals surface area contributed by atoms with Gasteiger partial charge in [-0.1, -0.05) is 13.3 Å². The lowest BCUT2D eigenvalue weighted by Crippen LogP contribution is -2.43. The first-order chi connectivity index (χ1) is 14.4. The molecule has 0 saturated carbocycles. The van der Waals surface area contributed by atoms with Gasteiger partial charge in [0.05, 0.1) is 10.6 Å². The number of fused-ring (bicyclic) bond motifs is 1. The highest BCUT2D eigenvalue weighted by Crippen LogP contribution is 2.29. The molecule has 0 unspecified atom stereocenters. The summed E-state index contributed by atoms with van der Waals surface area (Å²) in [5.41, 5.74) is 1.48. The van der Waals surface area contributed by atoms with Crippen molar-refractivity contribution in [2.45, 2.75) is 56.5 Å². The van der Waals surface area contributed by atoms with Crippen molar-refractivity contribution in [3.63, 3.8) is 0 Å². The van der Waals surface area contributed by atoms with Crippen LogP contribution < -0.4 is 5.32 Å². The molecule has 2 aliphatic heterocycles. The summed E-state index contributed by atoms with van der Waals surface area (Å²) in [4.78, 5) is 20.8. The third-order valence-electron chi connectivity index (χ3n) is 5.91. The van der Waals surface area contributed by atoms with E-state index in [9.17, 15) is 13.2 Å². The van der Waals surface area contributed by atoms with Gasteiger partial charge in [0, 0.05) is 42.5 Å². The van der Waals surface area contributed by atoms with Gasteiger partial charge in [0.15, 0.2) is 5.13 Å². The van der Waals surface area contributed by atoms with Crippen LogP contribution in [-0.2, 0) is 23.0 Å². The SMILES string of the molecule is CC[C@H]1CCCCN1S(=O)(=O)c1ccc(C(=O)Nc2nc3c(s2)CN(C)CC3)cc1. The second-order valence-corrected chi connectivity index (χ2v) is 11.0. The Morgan fingerprint density at radius 3 is 2.73 bits per heavy atom. The van der Waals surface area contributed by atoms with Crippen LogP contribution in [0.5, 0.6) is 0 Å². The molecule has 1 aromatic carbocycles. The van der Waals surface area contributed by atoms with Gasteiger partial charge in [-0.25, -0.2) is 13.4 Å². The molecule has 0 aliphatic carbocycles. The molecule has 1 fully saturated rings. The number of carbonyl (C=O) groups is 1. The van der Waals surface area contributed by atoms with Crippen molar-refractivity contribution < 1.29 is 13.2 Å². The molecular weight excluding hydrogens is 420 g/mol. The van der Waals surface area contributed by atoms with Crippen LogP contribution in [0.15, 0.2) is 29.2 Å². The second-order valence-electron chi connectivity index (χ2n) is 8.03. The fourth-order valence-electron chi connectivity index (χ4n) is 4.16. The van der Waals surface area contributed by atoms with Crippen LogP contribution in [-0.4, -0.2) is 54.7 Å².